The lowest BCUT2D eigenvalue weighted by Crippen LogP contribution is -2.29. The Labute approximate surface area is 136 Å². The molecule has 1 atom stereocenters. The Morgan fingerprint density at radius 2 is 2.13 bits per heavy atom. The summed E-state index contributed by atoms with van der Waals surface area (Å²) in [6.07, 6.45) is 0.644. The zero-order valence-corrected chi connectivity index (χ0v) is 13.9. The van der Waals surface area contributed by atoms with E-state index in [9.17, 15) is 9.59 Å². The number of carbonyl (C=O) groups excluding carboxylic acids is 2. The molecule has 1 heterocycles. The molecule has 0 fully saturated rings. The fourth-order valence-electron chi connectivity index (χ4n) is 2.62. The first-order valence-electron chi connectivity index (χ1n) is 8.02. The molecule has 1 N–H and O–H groups in total. The minimum absolute atomic E-state index is 0.130. The Hall–Kier alpha value is -2.24. The van der Waals surface area contributed by atoms with Crippen LogP contribution in [0.2, 0.25) is 0 Å². The molecular formula is C17H24N2O4. The fourth-order valence-corrected chi connectivity index (χ4v) is 2.62. The zero-order chi connectivity index (χ0) is 16.8. The fraction of sp³-hybridized carbons (Fsp3) is 0.529. The molecule has 0 aliphatic carbocycles. The third-order valence-electron chi connectivity index (χ3n) is 4.00. The Morgan fingerprint density at radius 1 is 1.35 bits per heavy atom. The normalized spacial score (nSPS) is 15.5. The van der Waals surface area contributed by atoms with Gasteiger partial charge in [-0.15, -0.1) is 0 Å². The Bertz CT molecular complexity index is 574. The van der Waals surface area contributed by atoms with Crippen LogP contribution in [0.15, 0.2) is 18.2 Å². The first-order chi connectivity index (χ1) is 11.1. The smallest absolute Gasteiger partial charge is 0.414 e. The molecule has 2 rings (SSSR count). The molecule has 0 aromatic heterocycles. The van der Waals surface area contributed by atoms with Gasteiger partial charge in [-0.05, 0) is 32.4 Å². The molecule has 1 aliphatic rings. The van der Waals surface area contributed by atoms with Crippen LogP contribution < -0.4 is 10.1 Å². The summed E-state index contributed by atoms with van der Waals surface area (Å²) in [5.41, 5.74) is 1.93. The maximum Gasteiger partial charge on any atom is 0.414 e. The minimum atomic E-state index is -0.378. The number of hydrogen-bond acceptors (Lipinski definition) is 5. The third kappa shape index (κ3) is 4.15. The van der Waals surface area contributed by atoms with Crippen LogP contribution in [0.4, 0.5) is 10.5 Å². The van der Waals surface area contributed by atoms with Crippen LogP contribution in [0.3, 0.4) is 0 Å². The quantitative estimate of drug-likeness (QED) is 0.816. The molecule has 1 aromatic rings. The maximum atomic E-state index is 12.0. The van der Waals surface area contributed by atoms with E-state index in [0.717, 1.165) is 17.8 Å². The summed E-state index contributed by atoms with van der Waals surface area (Å²) >= 11 is 0. The molecule has 0 bridgehead atoms. The van der Waals surface area contributed by atoms with Crippen molar-refractivity contribution in [1.82, 2.24) is 4.90 Å². The number of nitrogens with zero attached hydrogens (tertiary/aromatic N) is 1. The molecule has 6 nitrogen and oxygen atoms in total. The van der Waals surface area contributed by atoms with E-state index in [4.69, 9.17) is 9.47 Å². The molecule has 23 heavy (non-hydrogen) atoms. The van der Waals surface area contributed by atoms with Gasteiger partial charge < -0.3 is 19.7 Å². The predicted octanol–water partition coefficient (Wildman–Crippen LogP) is 2.99. The predicted molar refractivity (Wildman–Crippen MR) is 87.9 cm³/mol. The zero-order valence-electron chi connectivity index (χ0n) is 13.9. The van der Waals surface area contributed by atoms with Crippen LogP contribution in [-0.4, -0.2) is 43.7 Å². The average molecular weight is 320 g/mol. The number of fused-ring (bicyclic) bond motifs is 1. The molecule has 6 heteroatoms. The van der Waals surface area contributed by atoms with Gasteiger partial charge in [0.15, 0.2) is 0 Å². The van der Waals surface area contributed by atoms with Crippen molar-refractivity contribution in [3.05, 3.63) is 23.8 Å². The second kappa shape index (κ2) is 7.85. The number of carbonyl (C=O) groups is 2. The summed E-state index contributed by atoms with van der Waals surface area (Å²) in [6.45, 7) is 5.39. The average Bonchev–Trinajstić information content (AvgIpc) is 2.96. The van der Waals surface area contributed by atoms with Crippen molar-refractivity contribution in [2.24, 2.45) is 0 Å². The van der Waals surface area contributed by atoms with Gasteiger partial charge >= 0.3 is 12.1 Å². The van der Waals surface area contributed by atoms with Crippen molar-refractivity contribution in [2.75, 3.05) is 32.1 Å². The van der Waals surface area contributed by atoms with Crippen LogP contribution in [0.1, 0.15) is 38.2 Å². The van der Waals surface area contributed by atoms with Crippen molar-refractivity contribution in [3.8, 4) is 5.75 Å². The number of benzene rings is 1. The number of nitrogens with one attached hydrogen (secondary N) is 1. The van der Waals surface area contributed by atoms with Gasteiger partial charge in [0.2, 0.25) is 0 Å². The number of amides is 1. The van der Waals surface area contributed by atoms with E-state index in [1.165, 1.54) is 4.90 Å². The molecule has 1 aliphatic heterocycles. The summed E-state index contributed by atoms with van der Waals surface area (Å²) in [7, 11) is 1.70. The van der Waals surface area contributed by atoms with Crippen LogP contribution in [0.5, 0.6) is 5.75 Å². The largest absolute Gasteiger partial charge is 0.466 e. The van der Waals surface area contributed by atoms with Gasteiger partial charge in [-0.3, -0.25) is 4.79 Å². The van der Waals surface area contributed by atoms with E-state index in [1.807, 2.05) is 19.1 Å². The van der Waals surface area contributed by atoms with Gasteiger partial charge in [-0.1, -0.05) is 6.07 Å². The van der Waals surface area contributed by atoms with Crippen molar-refractivity contribution < 1.29 is 19.1 Å². The third-order valence-corrected chi connectivity index (χ3v) is 4.00. The highest BCUT2D eigenvalue weighted by molar-refractivity contribution is 5.74. The van der Waals surface area contributed by atoms with Crippen molar-refractivity contribution in [3.63, 3.8) is 0 Å². The molecule has 0 spiro atoms. The molecule has 126 valence electrons. The molecular weight excluding hydrogens is 296 g/mol. The van der Waals surface area contributed by atoms with E-state index in [2.05, 4.69) is 5.32 Å². The second-order valence-corrected chi connectivity index (χ2v) is 5.52. The SMILES string of the molecule is CCOC(=O)CCC1CNc2cccc(OC(=O)N(C)CC)c21. The Balaban J connectivity index is 2.10. The van der Waals surface area contributed by atoms with Gasteiger partial charge in [0.25, 0.3) is 0 Å². The van der Waals surface area contributed by atoms with Crippen LogP contribution >= 0.6 is 0 Å². The second-order valence-electron chi connectivity index (χ2n) is 5.52. The molecule has 0 saturated carbocycles. The number of esters is 1. The minimum Gasteiger partial charge on any atom is -0.466 e. The van der Waals surface area contributed by atoms with Gasteiger partial charge in [-0.25, -0.2) is 4.79 Å². The van der Waals surface area contributed by atoms with Crippen LogP contribution in [0.25, 0.3) is 0 Å². The maximum absolute atomic E-state index is 12.0. The molecule has 1 amide bonds. The molecule has 1 unspecified atom stereocenters. The summed E-state index contributed by atoms with van der Waals surface area (Å²) < 4.78 is 10.5. The lowest BCUT2D eigenvalue weighted by atomic mass is 9.95. The van der Waals surface area contributed by atoms with E-state index < -0.39 is 0 Å². The van der Waals surface area contributed by atoms with Crippen molar-refractivity contribution in [2.45, 2.75) is 32.6 Å². The van der Waals surface area contributed by atoms with Gasteiger partial charge in [-0.2, -0.15) is 0 Å². The number of anilines is 1. The topological polar surface area (TPSA) is 67.9 Å². The lowest BCUT2D eigenvalue weighted by molar-refractivity contribution is -0.143. The number of hydrogen-bond donors (Lipinski definition) is 1. The summed E-state index contributed by atoms with van der Waals surface area (Å²) in [5.74, 6) is 0.498. The van der Waals surface area contributed by atoms with Crippen molar-refractivity contribution >= 4 is 17.7 Å². The first kappa shape index (κ1) is 17.1. The Morgan fingerprint density at radius 3 is 2.83 bits per heavy atom. The Kier molecular flexibility index (Phi) is 5.84. The summed E-state index contributed by atoms with van der Waals surface area (Å²) in [6, 6.07) is 5.61. The number of rotatable bonds is 6. The van der Waals surface area contributed by atoms with Crippen molar-refractivity contribution in [1.29, 1.82) is 0 Å². The molecule has 0 radical (unpaired) electrons. The number of ether oxygens (including phenoxy) is 2. The highest BCUT2D eigenvalue weighted by Gasteiger charge is 2.28. The van der Waals surface area contributed by atoms with Gasteiger partial charge in [0, 0.05) is 43.7 Å². The van der Waals surface area contributed by atoms with E-state index >= 15 is 0 Å². The highest BCUT2D eigenvalue weighted by atomic mass is 16.6. The van der Waals surface area contributed by atoms with Gasteiger partial charge in [0.1, 0.15) is 5.75 Å². The van der Waals surface area contributed by atoms with E-state index in [0.29, 0.717) is 31.7 Å². The van der Waals surface area contributed by atoms with Crippen LogP contribution in [0, 0.1) is 0 Å². The summed E-state index contributed by atoms with van der Waals surface area (Å²) in [4.78, 5) is 25.1. The highest BCUT2D eigenvalue weighted by Crippen LogP contribution is 2.41. The monoisotopic (exact) mass is 320 g/mol. The van der Waals surface area contributed by atoms with E-state index in [-0.39, 0.29) is 18.0 Å². The standard InChI is InChI=1S/C17H24N2O4/c1-4-19(3)17(21)23-14-8-6-7-13-16(14)12(11-18-13)9-10-15(20)22-5-2/h6-8,12,18H,4-5,9-11H2,1-3H3. The van der Waals surface area contributed by atoms with Gasteiger partial charge in [0.05, 0.1) is 6.61 Å². The van der Waals surface area contributed by atoms with Crippen LogP contribution in [-0.2, 0) is 9.53 Å². The molecule has 0 saturated heterocycles. The summed E-state index contributed by atoms with van der Waals surface area (Å²) in [5, 5.41) is 3.31. The lowest BCUT2D eigenvalue weighted by Gasteiger charge is -2.18. The molecule has 1 aromatic carbocycles. The van der Waals surface area contributed by atoms with E-state index in [1.54, 1.807) is 20.0 Å². The first-order valence-corrected chi connectivity index (χ1v) is 8.02.